The van der Waals surface area contributed by atoms with Gasteiger partial charge in [0, 0.05) is 30.3 Å². The summed E-state index contributed by atoms with van der Waals surface area (Å²) in [6.45, 7) is 2.50. The number of ketones is 1. The van der Waals surface area contributed by atoms with Crippen molar-refractivity contribution in [3.63, 3.8) is 0 Å². The predicted octanol–water partition coefficient (Wildman–Crippen LogP) is 1.34. The smallest absolute Gasteiger partial charge is 0.184 e. The molecule has 0 amide bonds. The van der Waals surface area contributed by atoms with Crippen molar-refractivity contribution in [2.75, 3.05) is 13.1 Å². The Kier molecular flexibility index (Phi) is 2.99. The van der Waals surface area contributed by atoms with Crippen molar-refractivity contribution in [1.82, 2.24) is 9.55 Å². The maximum absolute atomic E-state index is 11.9. The first-order valence-electron chi connectivity index (χ1n) is 6.51. The Morgan fingerprint density at radius 1 is 1.35 bits per heavy atom. The number of hydrogen-bond acceptors (Lipinski definition) is 4. The lowest BCUT2D eigenvalue weighted by molar-refractivity contribution is 0.1000. The van der Waals surface area contributed by atoms with Crippen LogP contribution in [0.1, 0.15) is 21.7 Å². The van der Waals surface area contributed by atoms with E-state index < -0.39 is 0 Å². The SMILES string of the molecule is Cc1ncc(-c2ccc3c(c2)C(CN)=NCC3=O)n1C. The number of nitrogens with zero attached hydrogens (tertiary/aromatic N) is 3. The van der Waals surface area contributed by atoms with Crippen LogP contribution in [-0.4, -0.2) is 34.1 Å². The minimum atomic E-state index is 0.0462. The minimum absolute atomic E-state index is 0.0462. The van der Waals surface area contributed by atoms with Crippen molar-refractivity contribution in [2.24, 2.45) is 17.8 Å². The molecule has 0 radical (unpaired) electrons. The van der Waals surface area contributed by atoms with Crippen molar-refractivity contribution in [1.29, 1.82) is 0 Å². The van der Waals surface area contributed by atoms with Crippen LogP contribution in [-0.2, 0) is 7.05 Å². The van der Waals surface area contributed by atoms with E-state index >= 15 is 0 Å². The van der Waals surface area contributed by atoms with E-state index in [9.17, 15) is 4.79 Å². The number of carbonyl (C=O) groups excluding carboxylic acids is 1. The summed E-state index contributed by atoms with van der Waals surface area (Å²) in [4.78, 5) is 20.5. The van der Waals surface area contributed by atoms with Crippen LogP contribution < -0.4 is 5.73 Å². The Labute approximate surface area is 117 Å². The summed E-state index contributed by atoms with van der Waals surface area (Å²) in [5, 5.41) is 0. The molecule has 0 fully saturated rings. The highest BCUT2D eigenvalue weighted by molar-refractivity contribution is 6.16. The van der Waals surface area contributed by atoms with Gasteiger partial charge in [-0.25, -0.2) is 4.98 Å². The summed E-state index contributed by atoms with van der Waals surface area (Å²) >= 11 is 0. The van der Waals surface area contributed by atoms with Crippen LogP contribution in [0.2, 0.25) is 0 Å². The molecule has 0 spiro atoms. The molecular weight excluding hydrogens is 252 g/mol. The van der Waals surface area contributed by atoms with Gasteiger partial charge in [0.05, 0.1) is 17.6 Å². The van der Waals surface area contributed by atoms with Crippen LogP contribution in [0.15, 0.2) is 29.4 Å². The molecule has 2 aromatic rings. The molecule has 5 heteroatoms. The molecule has 0 bridgehead atoms. The monoisotopic (exact) mass is 268 g/mol. The lowest BCUT2D eigenvalue weighted by Gasteiger charge is -2.16. The predicted molar refractivity (Wildman–Crippen MR) is 78.2 cm³/mol. The van der Waals surface area contributed by atoms with E-state index in [4.69, 9.17) is 5.73 Å². The molecule has 0 unspecified atom stereocenters. The van der Waals surface area contributed by atoms with Gasteiger partial charge in [0.15, 0.2) is 5.78 Å². The number of fused-ring (bicyclic) bond motifs is 1. The quantitative estimate of drug-likeness (QED) is 0.893. The number of carbonyl (C=O) groups is 1. The van der Waals surface area contributed by atoms with E-state index in [0.29, 0.717) is 12.1 Å². The van der Waals surface area contributed by atoms with Gasteiger partial charge < -0.3 is 10.3 Å². The number of benzene rings is 1. The molecule has 1 aromatic heterocycles. The number of hydrogen-bond donors (Lipinski definition) is 1. The molecule has 102 valence electrons. The summed E-state index contributed by atoms with van der Waals surface area (Å²) in [5.41, 5.74) is 10.1. The zero-order valence-corrected chi connectivity index (χ0v) is 11.6. The molecule has 0 atom stereocenters. The third-order valence-electron chi connectivity index (χ3n) is 3.75. The molecule has 3 rings (SSSR count). The number of aryl methyl sites for hydroxylation is 1. The van der Waals surface area contributed by atoms with E-state index in [1.165, 1.54) is 0 Å². The molecule has 0 saturated heterocycles. The van der Waals surface area contributed by atoms with Crippen molar-refractivity contribution >= 4 is 11.5 Å². The normalized spacial score (nSPS) is 14.2. The van der Waals surface area contributed by atoms with Crippen molar-refractivity contribution in [3.8, 4) is 11.3 Å². The number of aromatic nitrogens is 2. The summed E-state index contributed by atoms with van der Waals surface area (Å²) in [5.74, 6) is 0.992. The third kappa shape index (κ3) is 1.87. The second kappa shape index (κ2) is 4.68. The number of aliphatic imine (C=N–C) groups is 1. The number of imidazole rings is 1. The van der Waals surface area contributed by atoms with Crippen molar-refractivity contribution in [2.45, 2.75) is 6.92 Å². The van der Waals surface area contributed by atoms with Crippen LogP contribution in [0, 0.1) is 6.92 Å². The molecule has 5 nitrogen and oxygen atoms in total. The zero-order valence-electron chi connectivity index (χ0n) is 11.6. The first-order chi connectivity index (χ1) is 9.61. The first kappa shape index (κ1) is 12.7. The average Bonchev–Trinajstić information content (AvgIpc) is 2.79. The Morgan fingerprint density at radius 3 is 2.80 bits per heavy atom. The van der Waals surface area contributed by atoms with E-state index in [1.54, 1.807) is 0 Å². The van der Waals surface area contributed by atoms with Crippen molar-refractivity contribution < 1.29 is 4.79 Å². The molecule has 1 aromatic carbocycles. The molecule has 0 aliphatic carbocycles. The Hall–Kier alpha value is -2.27. The molecule has 2 N–H and O–H groups in total. The average molecular weight is 268 g/mol. The Balaban J connectivity index is 2.16. The van der Waals surface area contributed by atoms with Gasteiger partial charge in [-0.05, 0) is 19.1 Å². The largest absolute Gasteiger partial charge is 0.331 e. The second-order valence-corrected chi connectivity index (χ2v) is 4.90. The number of rotatable bonds is 2. The fourth-order valence-electron chi connectivity index (χ4n) is 2.47. The van der Waals surface area contributed by atoms with E-state index in [2.05, 4.69) is 9.98 Å². The van der Waals surface area contributed by atoms with Gasteiger partial charge in [-0.3, -0.25) is 9.79 Å². The highest BCUT2D eigenvalue weighted by atomic mass is 16.1. The third-order valence-corrected chi connectivity index (χ3v) is 3.75. The summed E-state index contributed by atoms with van der Waals surface area (Å²) in [6.07, 6.45) is 1.83. The van der Waals surface area contributed by atoms with Crippen LogP contribution in [0.4, 0.5) is 0 Å². The topological polar surface area (TPSA) is 73.3 Å². The van der Waals surface area contributed by atoms with E-state index in [1.807, 2.05) is 42.9 Å². The van der Waals surface area contributed by atoms with E-state index in [0.717, 1.165) is 28.4 Å². The maximum atomic E-state index is 11.9. The highest BCUT2D eigenvalue weighted by Crippen LogP contribution is 2.25. The van der Waals surface area contributed by atoms with Gasteiger partial charge >= 0.3 is 0 Å². The second-order valence-electron chi connectivity index (χ2n) is 4.90. The van der Waals surface area contributed by atoms with Gasteiger partial charge in [-0.1, -0.05) is 6.07 Å². The first-order valence-corrected chi connectivity index (χ1v) is 6.51. The van der Waals surface area contributed by atoms with Crippen LogP contribution in [0.5, 0.6) is 0 Å². The van der Waals surface area contributed by atoms with Crippen LogP contribution in [0.3, 0.4) is 0 Å². The zero-order chi connectivity index (χ0) is 14.3. The van der Waals surface area contributed by atoms with Crippen LogP contribution in [0.25, 0.3) is 11.3 Å². The van der Waals surface area contributed by atoms with Crippen molar-refractivity contribution in [3.05, 3.63) is 41.3 Å². The fraction of sp³-hybridized carbons (Fsp3) is 0.267. The van der Waals surface area contributed by atoms with Gasteiger partial charge in [0.2, 0.25) is 0 Å². The Morgan fingerprint density at radius 2 is 2.15 bits per heavy atom. The fourth-order valence-corrected chi connectivity index (χ4v) is 2.47. The highest BCUT2D eigenvalue weighted by Gasteiger charge is 2.20. The van der Waals surface area contributed by atoms with Gasteiger partial charge in [-0.2, -0.15) is 0 Å². The molecule has 1 aliphatic heterocycles. The summed E-state index contributed by atoms with van der Waals surface area (Å²) in [7, 11) is 1.97. The molecule has 2 heterocycles. The Bertz CT molecular complexity index is 727. The lowest BCUT2D eigenvalue weighted by atomic mass is 9.94. The number of Topliss-reactive ketones (excluding diaryl/α,β-unsaturated/α-hetero) is 1. The van der Waals surface area contributed by atoms with Gasteiger partial charge in [0.25, 0.3) is 0 Å². The molecule has 1 aliphatic rings. The van der Waals surface area contributed by atoms with E-state index in [-0.39, 0.29) is 12.3 Å². The summed E-state index contributed by atoms with van der Waals surface area (Å²) < 4.78 is 2.02. The molecule has 0 saturated carbocycles. The maximum Gasteiger partial charge on any atom is 0.184 e. The van der Waals surface area contributed by atoms with Gasteiger partial charge in [-0.15, -0.1) is 0 Å². The standard InChI is InChI=1S/C15H16N4O/c1-9-17-7-14(19(9)2)10-3-4-11-12(5-10)13(6-16)18-8-15(11)20/h3-5,7H,6,8,16H2,1-2H3. The van der Waals surface area contributed by atoms with Crippen LogP contribution >= 0.6 is 0 Å². The van der Waals surface area contributed by atoms with Gasteiger partial charge in [0.1, 0.15) is 12.4 Å². The summed E-state index contributed by atoms with van der Waals surface area (Å²) in [6, 6.07) is 5.79. The lowest BCUT2D eigenvalue weighted by Crippen LogP contribution is -2.25. The molecular formula is C15H16N4O. The number of nitrogens with two attached hydrogens (primary N) is 1. The minimum Gasteiger partial charge on any atom is -0.331 e. The molecule has 20 heavy (non-hydrogen) atoms.